The molecule has 0 aliphatic heterocycles. The lowest BCUT2D eigenvalue weighted by Crippen LogP contribution is -2.26. The quantitative estimate of drug-likeness (QED) is 0.761. The zero-order valence-corrected chi connectivity index (χ0v) is 14.1. The van der Waals surface area contributed by atoms with E-state index in [4.69, 9.17) is 18.0 Å². The maximum absolute atomic E-state index is 12.3. The minimum atomic E-state index is -3.71. The number of hydrogen-bond acceptors (Lipinski definition) is 5. The van der Waals surface area contributed by atoms with Crippen LogP contribution < -0.4 is 10.5 Å². The Morgan fingerprint density at radius 3 is 2.80 bits per heavy atom. The van der Waals surface area contributed by atoms with Gasteiger partial charge in [0.05, 0.1) is 3.79 Å². The zero-order chi connectivity index (χ0) is 14.8. The van der Waals surface area contributed by atoms with E-state index < -0.39 is 10.0 Å². The van der Waals surface area contributed by atoms with Gasteiger partial charge in [-0.1, -0.05) is 12.2 Å². The molecule has 0 aromatic carbocycles. The number of sulfonamides is 1. The summed E-state index contributed by atoms with van der Waals surface area (Å²) in [5.74, 6) is 0. The molecular weight excluding hydrogens is 382 g/mol. The van der Waals surface area contributed by atoms with Gasteiger partial charge >= 0.3 is 0 Å². The molecule has 20 heavy (non-hydrogen) atoms. The van der Waals surface area contributed by atoms with E-state index in [2.05, 4.69) is 25.6 Å². The van der Waals surface area contributed by atoms with Gasteiger partial charge in [0.25, 0.3) is 0 Å². The van der Waals surface area contributed by atoms with Crippen molar-refractivity contribution in [3.8, 4) is 0 Å². The predicted molar refractivity (Wildman–Crippen MR) is 86.2 cm³/mol. The minimum Gasteiger partial charge on any atom is -0.388 e. The van der Waals surface area contributed by atoms with Gasteiger partial charge < -0.3 is 5.73 Å². The average Bonchev–Trinajstić information content (AvgIpc) is 2.82. The Morgan fingerprint density at radius 2 is 2.20 bits per heavy atom. The van der Waals surface area contributed by atoms with Crippen LogP contribution in [-0.2, 0) is 16.6 Å². The van der Waals surface area contributed by atoms with Crippen molar-refractivity contribution in [3.05, 3.63) is 44.8 Å². The van der Waals surface area contributed by atoms with Gasteiger partial charge in [0.1, 0.15) is 15.6 Å². The number of rotatable bonds is 5. The lowest BCUT2D eigenvalue weighted by molar-refractivity contribution is 0.581. The van der Waals surface area contributed by atoms with E-state index in [0.29, 0.717) is 0 Å². The third kappa shape index (κ3) is 3.61. The van der Waals surface area contributed by atoms with E-state index in [9.17, 15) is 8.42 Å². The van der Waals surface area contributed by atoms with Crippen molar-refractivity contribution in [1.29, 1.82) is 0 Å². The highest BCUT2D eigenvalue weighted by atomic mass is 79.9. The van der Waals surface area contributed by atoms with Gasteiger partial charge in [-0.05, 0) is 40.2 Å². The Kier molecular flexibility index (Phi) is 4.86. The smallest absolute Gasteiger partial charge is 0.243 e. The molecule has 0 aliphatic carbocycles. The first-order valence-corrected chi connectivity index (χ1v) is 8.89. The van der Waals surface area contributed by atoms with Crippen LogP contribution in [0.15, 0.2) is 39.1 Å². The number of nitrogens with two attached hydrogens (primary N) is 1. The molecule has 106 valence electrons. The van der Waals surface area contributed by atoms with Crippen LogP contribution in [0.2, 0.25) is 0 Å². The van der Waals surface area contributed by atoms with Crippen LogP contribution >= 0.6 is 39.5 Å². The summed E-state index contributed by atoms with van der Waals surface area (Å²) in [5.41, 5.74) is 5.59. The molecule has 0 spiro atoms. The molecule has 0 amide bonds. The van der Waals surface area contributed by atoms with Crippen molar-refractivity contribution in [3.63, 3.8) is 0 Å². The second kappa shape index (κ2) is 6.27. The molecular formula is C11H10BrN3O2S3. The van der Waals surface area contributed by atoms with Crippen molar-refractivity contribution in [2.45, 2.75) is 11.4 Å². The fraction of sp³-hybridized carbons (Fsp3) is 0.0909. The van der Waals surface area contributed by atoms with Gasteiger partial charge in [-0.3, -0.25) is 4.98 Å². The summed E-state index contributed by atoms with van der Waals surface area (Å²) in [6.45, 7) is 0.199. The number of halogens is 1. The van der Waals surface area contributed by atoms with E-state index in [1.165, 1.54) is 29.7 Å². The van der Waals surface area contributed by atoms with E-state index >= 15 is 0 Å². The highest BCUT2D eigenvalue weighted by Crippen LogP contribution is 2.22. The third-order valence-corrected chi connectivity index (χ3v) is 5.61. The Hall–Kier alpha value is -0.870. The molecule has 0 unspecified atom stereocenters. The fourth-order valence-corrected chi connectivity index (χ4v) is 4.40. The van der Waals surface area contributed by atoms with Crippen molar-refractivity contribution in [2.75, 3.05) is 0 Å². The van der Waals surface area contributed by atoms with Crippen molar-refractivity contribution >= 4 is 54.5 Å². The summed E-state index contributed by atoms with van der Waals surface area (Å²) >= 11 is 9.60. The number of pyridine rings is 1. The molecule has 0 fully saturated rings. The van der Waals surface area contributed by atoms with Crippen LogP contribution in [0, 0.1) is 0 Å². The maximum atomic E-state index is 12.3. The summed E-state index contributed by atoms with van der Waals surface area (Å²) < 4.78 is 28.0. The molecule has 0 aliphatic rings. The monoisotopic (exact) mass is 391 g/mol. The summed E-state index contributed by atoms with van der Waals surface area (Å²) in [6, 6.07) is 6.65. The standard InChI is InChI=1S/C11H10BrN3O2S3/c12-9-4-3-7(19-9)6-15-20(16,17)8-2-1-5-14-10(8)11(13)18/h1-5,15H,6H2,(H2,13,18). The van der Waals surface area contributed by atoms with Crippen LogP contribution in [0.3, 0.4) is 0 Å². The van der Waals surface area contributed by atoms with Crippen LogP contribution in [0.5, 0.6) is 0 Å². The van der Waals surface area contributed by atoms with E-state index in [1.807, 2.05) is 12.1 Å². The van der Waals surface area contributed by atoms with Crippen molar-refractivity contribution < 1.29 is 8.42 Å². The number of nitrogens with one attached hydrogen (secondary N) is 1. The molecule has 0 radical (unpaired) electrons. The molecule has 2 aromatic rings. The van der Waals surface area contributed by atoms with Crippen LogP contribution in [0.1, 0.15) is 10.6 Å². The first-order chi connectivity index (χ1) is 9.40. The number of aromatic nitrogens is 1. The second-order valence-corrected chi connectivity index (χ2v) is 8.47. The number of nitrogens with zero attached hydrogens (tertiary/aromatic N) is 1. The summed E-state index contributed by atoms with van der Waals surface area (Å²) in [7, 11) is -3.71. The Labute approximate surface area is 134 Å². The molecule has 2 rings (SSSR count). The number of thiophene rings is 1. The molecule has 3 N–H and O–H groups in total. The number of thiocarbonyl (C=S) groups is 1. The normalized spacial score (nSPS) is 11.4. The molecule has 0 bridgehead atoms. The Bertz CT molecular complexity index is 743. The van der Waals surface area contributed by atoms with E-state index in [1.54, 1.807) is 0 Å². The maximum Gasteiger partial charge on any atom is 0.243 e. The Morgan fingerprint density at radius 1 is 1.45 bits per heavy atom. The SMILES string of the molecule is NC(=S)c1ncccc1S(=O)(=O)NCc1ccc(Br)s1. The van der Waals surface area contributed by atoms with E-state index in [0.717, 1.165) is 8.66 Å². The van der Waals surface area contributed by atoms with Gasteiger partial charge in [-0.2, -0.15) is 0 Å². The molecule has 9 heteroatoms. The lowest BCUT2D eigenvalue weighted by atomic mass is 10.3. The molecule has 5 nitrogen and oxygen atoms in total. The summed E-state index contributed by atoms with van der Waals surface area (Å²) in [6.07, 6.45) is 1.45. The second-order valence-electron chi connectivity index (χ2n) is 3.74. The summed E-state index contributed by atoms with van der Waals surface area (Å²) in [4.78, 5) is 4.74. The largest absolute Gasteiger partial charge is 0.388 e. The zero-order valence-electron chi connectivity index (χ0n) is 10.0. The average molecular weight is 392 g/mol. The van der Waals surface area contributed by atoms with Crippen LogP contribution in [0.25, 0.3) is 0 Å². The van der Waals surface area contributed by atoms with Gasteiger partial charge in [0, 0.05) is 17.6 Å². The lowest BCUT2D eigenvalue weighted by Gasteiger charge is -2.09. The summed E-state index contributed by atoms with van der Waals surface area (Å²) in [5, 5.41) is 0. The molecule has 2 aromatic heterocycles. The van der Waals surface area contributed by atoms with Crippen LogP contribution in [-0.4, -0.2) is 18.4 Å². The molecule has 0 saturated heterocycles. The van der Waals surface area contributed by atoms with E-state index in [-0.39, 0.29) is 22.1 Å². The molecule has 2 heterocycles. The highest BCUT2D eigenvalue weighted by molar-refractivity contribution is 9.11. The third-order valence-electron chi connectivity index (χ3n) is 2.36. The topological polar surface area (TPSA) is 85.1 Å². The molecule has 0 atom stereocenters. The van der Waals surface area contributed by atoms with Gasteiger partial charge in [0.15, 0.2) is 0 Å². The first kappa shape index (κ1) is 15.5. The van der Waals surface area contributed by atoms with Gasteiger partial charge in [-0.25, -0.2) is 13.1 Å². The number of hydrogen-bond donors (Lipinski definition) is 2. The Balaban J connectivity index is 2.25. The van der Waals surface area contributed by atoms with Crippen molar-refractivity contribution in [1.82, 2.24) is 9.71 Å². The fourth-order valence-electron chi connectivity index (χ4n) is 1.48. The molecule has 0 saturated carbocycles. The van der Waals surface area contributed by atoms with Crippen molar-refractivity contribution in [2.24, 2.45) is 5.73 Å². The van der Waals surface area contributed by atoms with Gasteiger partial charge in [-0.15, -0.1) is 11.3 Å². The minimum absolute atomic E-state index is 0.0110. The van der Waals surface area contributed by atoms with Crippen LogP contribution in [0.4, 0.5) is 0 Å². The highest BCUT2D eigenvalue weighted by Gasteiger charge is 2.20. The predicted octanol–water partition coefficient (Wildman–Crippen LogP) is 2.02. The first-order valence-electron chi connectivity index (χ1n) is 5.39. The van der Waals surface area contributed by atoms with Gasteiger partial charge in [0.2, 0.25) is 10.0 Å².